The summed E-state index contributed by atoms with van der Waals surface area (Å²) in [4.78, 5) is 3.68. The van der Waals surface area contributed by atoms with Crippen molar-refractivity contribution in [1.29, 1.82) is 0 Å². The molecule has 0 aliphatic heterocycles. The molecule has 0 saturated heterocycles. The summed E-state index contributed by atoms with van der Waals surface area (Å²) in [5.74, 6) is -1.63. The fourth-order valence-corrected chi connectivity index (χ4v) is 5.28. The normalized spacial score (nSPS) is 11.9. The van der Waals surface area contributed by atoms with Crippen LogP contribution in [0, 0.1) is 11.6 Å². The van der Waals surface area contributed by atoms with E-state index in [1.807, 2.05) is 18.2 Å². The SMILES string of the molecule is CN(CCCNc1cc(-c2ccccc2Cl)nc2c(Br)cnn12)S(=O)(=O)c1c(F)cccc1F. The van der Waals surface area contributed by atoms with Gasteiger partial charge in [0.1, 0.15) is 17.5 Å². The summed E-state index contributed by atoms with van der Waals surface area (Å²) >= 11 is 9.78. The van der Waals surface area contributed by atoms with Gasteiger partial charge in [0.05, 0.1) is 16.4 Å². The molecule has 0 aliphatic carbocycles. The molecule has 4 rings (SSSR count). The first-order chi connectivity index (χ1) is 16.2. The monoisotopic (exact) mass is 569 g/mol. The quantitative estimate of drug-likeness (QED) is 0.294. The smallest absolute Gasteiger partial charge is 0.248 e. The van der Waals surface area contributed by atoms with Gasteiger partial charge < -0.3 is 5.32 Å². The van der Waals surface area contributed by atoms with E-state index >= 15 is 0 Å². The Morgan fingerprint density at radius 3 is 2.56 bits per heavy atom. The zero-order valence-electron chi connectivity index (χ0n) is 17.8. The van der Waals surface area contributed by atoms with Gasteiger partial charge in [0.25, 0.3) is 0 Å². The van der Waals surface area contributed by atoms with Gasteiger partial charge in [-0.2, -0.15) is 9.61 Å². The van der Waals surface area contributed by atoms with Crippen LogP contribution >= 0.6 is 27.5 Å². The number of anilines is 1. The van der Waals surface area contributed by atoms with Gasteiger partial charge in [0.15, 0.2) is 10.5 Å². The molecule has 0 saturated carbocycles. The van der Waals surface area contributed by atoms with Gasteiger partial charge in [-0.05, 0) is 40.5 Å². The summed E-state index contributed by atoms with van der Waals surface area (Å²) in [5, 5.41) is 8.09. The predicted molar refractivity (Wildman–Crippen MR) is 130 cm³/mol. The van der Waals surface area contributed by atoms with E-state index in [2.05, 4.69) is 31.3 Å². The minimum Gasteiger partial charge on any atom is -0.370 e. The van der Waals surface area contributed by atoms with Gasteiger partial charge in [0, 0.05) is 36.8 Å². The second-order valence-corrected chi connectivity index (χ2v) is 10.6. The van der Waals surface area contributed by atoms with Gasteiger partial charge in [-0.3, -0.25) is 0 Å². The van der Waals surface area contributed by atoms with E-state index in [1.165, 1.54) is 7.05 Å². The first kappa shape index (κ1) is 24.5. The third kappa shape index (κ3) is 4.78. The Morgan fingerprint density at radius 1 is 1.15 bits per heavy atom. The average molecular weight is 571 g/mol. The maximum Gasteiger partial charge on any atom is 0.248 e. The fourth-order valence-electron chi connectivity index (χ4n) is 3.39. The lowest BCUT2D eigenvalue weighted by molar-refractivity contribution is 0.448. The van der Waals surface area contributed by atoms with E-state index in [-0.39, 0.29) is 6.54 Å². The third-order valence-corrected chi connectivity index (χ3v) is 7.92. The van der Waals surface area contributed by atoms with Crippen molar-refractivity contribution >= 4 is 49.0 Å². The van der Waals surface area contributed by atoms with Crippen LogP contribution in [0.4, 0.5) is 14.6 Å². The third-order valence-electron chi connectivity index (χ3n) is 5.12. The van der Waals surface area contributed by atoms with Crippen LogP contribution in [0.5, 0.6) is 0 Å². The molecule has 2 heterocycles. The van der Waals surface area contributed by atoms with Gasteiger partial charge >= 0.3 is 0 Å². The molecular formula is C22H19BrClF2N5O2S. The van der Waals surface area contributed by atoms with E-state index in [0.717, 1.165) is 28.1 Å². The van der Waals surface area contributed by atoms with Crippen molar-refractivity contribution < 1.29 is 17.2 Å². The number of hydrogen-bond acceptors (Lipinski definition) is 5. The summed E-state index contributed by atoms with van der Waals surface area (Å²) in [6, 6.07) is 12.1. The molecule has 0 aliphatic rings. The number of rotatable bonds is 8. The second kappa shape index (κ2) is 9.95. The van der Waals surface area contributed by atoms with E-state index in [0.29, 0.717) is 39.6 Å². The molecule has 4 aromatic rings. The van der Waals surface area contributed by atoms with Crippen LogP contribution < -0.4 is 5.32 Å². The zero-order valence-corrected chi connectivity index (χ0v) is 21.0. The van der Waals surface area contributed by atoms with Gasteiger partial charge in [-0.15, -0.1) is 0 Å². The highest BCUT2D eigenvalue weighted by molar-refractivity contribution is 9.10. The van der Waals surface area contributed by atoms with Gasteiger partial charge in [-0.25, -0.2) is 26.5 Å². The van der Waals surface area contributed by atoms with Crippen molar-refractivity contribution in [3.8, 4) is 11.3 Å². The summed E-state index contributed by atoms with van der Waals surface area (Å²) in [6.45, 7) is 0.398. The standard InChI is InChI=1S/C22H19BrClF2N5O2S/c1-30(34(32,33)21-17(25)8-4-9-18(21)26)11-5-10-27-20-12-19(14-6-2-3-7-16(14)24)29-22-15(23)13-28-31(20)22/h2-4,6-9,12-13,27H,5,10-11H2,1H3. The van der Waals surface area contributed by atoms with Crippen molar-refractivity contribution in [3.63, 3.8) is 0 Å². The molecule has 2 aromatic heterocycles. The Morgan fingerprint density at radius 2 is 1.85 bits per heavy atom. The Hall–Kier alpha value is -2.60. The molecular weight excluding hydrogens is 552 g/mol. The first-order valence-electron chi connectivity index (χ1n) is 10.1. The Bertz CT molecular complexity index is 1440. The molecule has 178 valence electrons. The molecule has 0 bridgehead atoms. The van der Waals surface area contributed by atoms with Crippen molar-refractivity contribution in [1.82, 2.24) is 18.9 Å². The van der Waals surface area contributed by atoms with Crippen LogP contribution in [-0.2, 0) is 10.0 Å². The Kier molecular flexibility index (Phi) is 7.17. The summed E-state index contributed by atoms with van der Waals surface area (Å²) in [7, 11) is -3.03. The molecule has 0 radical (unpaired) electrons. The highest BCUT2D eigenvalue weighted by Crippen LogP contribution is 2.30. The molecule has 0 amide bonds. The second-order valence-electron chi connectivity index (χ2n) is 7.39. The van der Waals surface area contributed by atoms with Crippen LogP contribution in [0.25, 0.3) is 16.9 Å². The molecule has 0 atom stereocenters. The minimum atomic E-state index is -4.32. The number of hydrogen-bond donors (Lipinski definition) is 1. The topological polar surface area (TPSA) is 79.6 Å². The van der Waals surface area contributed by atoms with Gasteiger partial charge in [0.2, 0.25) is 10.0 Å². The Balaban J connectivity index is 1.50. The number of fused-ring (bicyclic) bond motifs is 1. The molecule has 7 nitrogen and oxygen atoms in total. The Labute approximate surface area is 208 Å². The number of nitrogens with one attached hydrogen (secondary N) is 1. The lowest BCUT2D eigenvalue weighted by Gasteiger charge is -2.18. The number of halogens is 4. The first-order valence-corrected chi connectivity index (χ1v) is 12.7. The van der Waals surface area contributed by atoms with Crippen molar-refractivity contribution in [2.75, 3.05) is 25.5 Å². The minimum absolute atomic E-state index is 0.0392. The van der Waals surface area contributed by atoms with Crippen molar-refractivity contribution in [2.24, 2.45) is 0 Å². The summed E-state index contributed by atoms with van der Waals surface area (Å²) in [6.07, 6.45) is 1.98. The number of benzene rings is 2. The molecule has 34 heavy (non-hydrogen) atoms. The zero-order chi connectivity index (χ0) is 24.5. The largest absolute Gasteiger partial charge is 0.370 e. The van der Waals surface area contributed by atoms with Crippen molar-refractivity contribution in [2.45, 2.75) is 11.3 Å². The van der Waals surface area contributed by atoms with E-state index in [9.17, 15) is 17.2 Å². The number of sulfonamides is 1. The molecule has 0 unspecified atom stereocenters. The molecule has 2 aromatic carbocycles. The van der Waals surface area contributed by atoms with Crippen LogP contribution in [0.2, 0.25) is 5.02 Å². The van der Waals surface area contributed by atoms with Crippen molar-refractivity contribution in [3.05, 3.63) is 75.9 Å². The highest BCUT2D eigenvalue weighted by atomic mass is 79.9. The molecule has 1 N–H and O–H groups in total. The van der Waals surface area contributed by atoms with E-state index < -0.39 is 26.6 Å². The van der Waals surface area contributed by atoms with E-state index in [1.54, 1.807) is 22.8 Å². The number of aromatic nitrogens is 3. The van der Waals surface area contributed by atoms with Crippen LogP contribution in [-0.4, -0.2) is 47.5 Å². The maximum atomic E-state index is 14.0. The highest BCUT2D eigenvalue weighted by Gasteiger charge is 2.27. The van der Waals surface area contributed by atoms with Crippen LogP contribution in [0.3, 0.4) is 0 Å². The molecule has 0 spiro atoms. The fraction of sp³-hybridized carbons (Fsp3) is 0.182. The lowest BCUT2D eigenvalue weighted by Crippen LogP contribution is -2.30. The number of nitrogens with zero attached hydrogens (tertiary/aromatic N) is 4. The van der Waals surface area contributed by atoms with Gasteiger partial charge in [-0.1, -0.05) is 35.9 Å². The van der Waals surface area contributed by atoms with Crippen LogP contribution in [0.15, 0.2) is 64.1 Å². The maximum absolute atomic E-state index is 14.0. The summed E-state index contributed by atoms with van der Waals surface area (Å²) in [5.41, 5.74) is 1.96. The molecule has 0 fully saturated rings. The van der Waals surface area contributed by atoms with E-state index in [4.69, 9.17) is 11.6 Å². The predicted octanol–water partition coefficient (Wildman–Crippen LogP) is 5.21. The molecule has 12 heteroatoms. The van der Waals surface area contributed by atoms with Crippen LogP contribution in [0.1, 0.15) is 6.42 Å². The lowest BCUT2D eigenvalue weighted by atomic mass is 10.1. The average Bonchev–Trinajstić information content (AvgIpc) is 3.17. The summed E-state index contributed by atoms with van der Waals surface area (Å²) < 4.78 is 56.5.